The fraction of sp³-hybridized carbons (Fsp3) is 0.636. The molecule has 0 radical (unpaired) electrons. The minimum absolute atomic E-state index is 0. The number of thiazole rings is 1. The zero-order valence-electron chi connectivity index (χ0n) is 10.9. The summed E-state index contributed by atoms with van der Waals surface area (Å²) in [6, 6.07) is 0. The summed E-state index contributed by atoms with van der Waals surface area (Å²) < 4.78 is 5.04. The Morgan fingerprint density at radius 1 is 1.61 bits per heavy atom. The number of halogens is 1. The van der Waals surface area contributed by atoms with Crippen LogP contribution in [0.4, 0.5) is 0 Å². The molecule has 0 fully saturated rings. The van der Waals surface area contributed by atoms with Crippen LogP contribution in [0.15, 0.2) is 5.38 Å². The monoisotopic (exact) mass is 293 g/mol. The Morgan fingerprint density at radius 3 is 2.83 bits per heavy atom. The quantitative estimate of drug-likeness (QED) is 0.827. The van der Waals surface area contributed by atoms with Crippen LogP contribution in [0.3, 0.4) is 0 Å². The maximum Gasteiger partial charge on any atom is 0.271 e. The molecule has 0 aliphatic carbocycles. The molecule has 0 aliphatic rings. The van der Waals surface area contributed by atoms with Crippen LogP contribution in [-0.2, 0) is 11.2 Å². The maximum atomic E-state index is 11.9. The number of carbonyl (C=O) groups is 1. The summed E-state index contributed by atoms with van der Waals surface area (Å²) in [5.41, 5.74) is 5.48. The Kier molecular flexibility index (Phi) is 7.39. The number of amides is 1. The SMILES string of the molecule is COCC(C)(C)NC(=O)c1csc(CCN)n1.Cl. The Morgan fingerprint density at radius 2 is 2.28 bits per heavy atom. The second-order valence-electron chi connectivity index (χ2n) is 4.44. The molecule has 1 aromatic heterocycles. The molecule has 5 nitrogen and oxygen atoms in total. The predicted octanol–water partition coefficient (Wildman–Crippen LogP) is 1.22. The number of nitrogens with one attached hydrogen (secondary N) is 1. The molecule has 1 heterocycles. The predicted molar refractivity (Wildman–Crippen MR) is 75.5 cm³/mol. The first-order valence-corrected chi connectivity index (χ1v) is 6.32. The van der Waals surface area contributed by atoms with Crippen molar-refractivity contribution in [2.45, 2.75) is 25.8 Å². The Bertz CT molecular complexity index is 382. The van der Waals surface area contributed by atoms with E-state index in [4.69, 9.17) is 10.5 Å². The molecule has 104 valence electrons. The number of carbonyl (C=O) groups excluding carboxylic acids is 1. The summed E-state index contributed by atoms with van der Waals surface area (Å²) in [7, 11) is 1.61. The number of hydrogen-bond acceptors (Lipinski definition) is 5. The highest BCUT2D eigenvalue weighted by Gasteiger charge is 2.22. The lowest BCUT2D eigenvalue weighted by Gasteiger charge is -2.24. The zero-order valence-corrected chi connectivity index (χ0v) is 12.5. The van der Waals surface area contributed by atoms with E-state index in [9.17, 15) is 4.79 Å². The Labute approximate surface area is 118 Å². The normalized spacial score (nSPS) is 10.9. The lowest BCUT2D eigenvalue weighted by Crippen LogP contribution is -2.46. The van der Waals surface area contributed by atoms with Gasteiger partial charge in [0.15, 0.2) is 0 Å². The van der Waals surface area contributed by atoms with Crippen molar-refractivity contribution < 1.29 is 9.53 Å². The van der Waals surface area contributed by atoms with E-state index in [2.05, 4.69) is 10.3 Å². The number of nitrogens with two attached hydrogens (primary N) is 1. The lowest BCUT2D eigenvalue weighted by molar-refractivity contribution is 0.0815. The molecule has 0 aromatic carbocycles. The summed E-state index contributed by atoms with van der Waals surface area (Å²) in [6.45, 7) is 4.81. The van der Waals surface area contributed by atoms with Crippen LogP contribution in [-0.4, -0.2) is 36.7 Å². The van der Waals surface area contributed by atoms with E-state index in [1.165, 1.54) is 11.3 Å². The van der Waals surface area contributed by atoms with E-state index in [-0.39, 0.29) is 18.3 Å². The van der Waals surface area contributed by atoms with Gasteiger partial charge < -0.3 is 15.8 Å². The highest BCUT2D eigenvalue weighted by Crippen LogP contribution is 2.11. The maximum absolute atomic E-state index is 11.9. The van der Waals surface area contributed by atoms with Crippen molar-refractivity contribution in [3.05, 3.63) is 16.1 Å². The second kappa shape index (κ2) is 7.68. The van der Waals surface area contributed by atoms with Crippen LogP contribution >= 0.6 is 23.7 Å². The van der Waals surface area contributed by atoms with Crippen LogP contribution < -0.4 is 11.1 Å². The molecule has 0 atom stereocenters. The van der Waals surface area contributed by atoms with Gasteiger partial charge in [0.1, 0.15) is 5.69 Å². The molecule has 1 amide bonds. The first-order chi connectivity index (χ1) is 7.98. The first kappa shape index (κ1) is 17.3. The van der Waals surface area contributed by atoms with Crippen molar-refractivity contribution in [1.82, 2.24) is 10.3 Å². The van der Waals surface area contributed by atoms with Crippen LogP contribution in [0.2, 0.25) is 0 Å². The van der Waals surface area contributed by atoms with Crippen LogP contribution in [0.1, 0.15) is 29.3 Å². The van der Waals surface area contributed by atoms with Crippen molar-refractivity contribution in [3.63, 3.8) is 0 Å². The molecule has 0 unspecified atom stereocenters. The average molecular weight is 294 g/mol. The van der Waals surface area contributed by atoms with Gasteiger partial charge in [-0.1, -0.05) is 0 Å². The van der Waals surface area contributed by atoms with Crippen molar-refractivity contribution in [2.24, 2.45) is 5.73 Å². The highest BCUT2D eigenvalue weighted by atomic mass is 35.5. The van der Waals surface area contributed by atoms with Crippen LogP contribution in [0.25, 0.3) is 0 Å². The lowest BCUT2D eigenvalue weighted by atomic mass is 10.1. The minimum Gasteiger partial charge on any atom is -0.382 e. The molecule has 18 heavy (non-hydrogen) atoms. The molecular formula is C11H20ClN3O2S. The van der Waals surface area contributed by atoms with E-state index < -0.39 is 5.54 Å². The van der Waals surface area contributed by atoms with Crippen LogP contribution in [0.5, 0.6) is 0 Å². The Hall–Kier alpha value is -0.690. The fourth-order valence-corrected chi connectivity index (χ4v) is 2.22. The number of rotatable bonds is 6. The fourth-order valence-electron chi connectivity index (χ4n) is 1.42. The number of aromatic nitrogens is 1. The largest absolute Gasteiger partial charge is 0.382 e. The van der Waals surface area contributed by atoms with Gasteiger partial charge in [0, 0.05) is 18.9 Å². The van der Waals surface area contributed by atoms with Gasteiger partial charge in [-0.15, -0.1) is 23.7 Å². The third-order valence-corrected chi connectivity index (χ3v) is 3.01. The van der Waals surface area contributed by atoms with Gasteiger partial charge in [0.05, 0.1) is 17.2 Å². The van der Waals surface area contributed by atoms with E-state index in [0.29, 0.717) is 25.3 Å². The number of methoxy groups -OCH3 is 1. The molecule has 3 N–H and O–H groups in total. The van der Waals surface area contributed by atoms with Crippen molar-refractivity contribution >= 4 is 29.7 Å². The van der Waals surface area contributed by atoms with Gasteiger partial charge in [0.25, 0.3) is 5.91 Å². The summed E-state index contributed by atoms with van der Waals surface area (Å²) >= 11 is 1.46. The topological polar surface area (TPSA) is 77.2 Å². The molecule has 1 aromatic rings. The smallest absolute Gasteiger partial charge is 0.271 e. The van der Waals surface area contributed by atoms with Gasteiger partial charge in [-0.25, -0.2) is 4.98 Å². The second-order valence-corrected chi connectivity index (χ2v) is 5.38. The summed E-state index contributed by atoms with van der Waals surface area (Å²) in [5, 5.41) is 5.52. The van der Waals surface area contributed by atoms with Gasteiger partial charge >= 0.3 is 0 Å². The third-order valence-electron chi connectivity index (χ3n) is 2.10. The van der Waals surface area contributed by atoms with Gasteiger partial charge in [-0.2, -0.15) is 0 Å². The summed E-state index contributed by atoms with van der Waals surface area (Å²) in [4.78, 5) is 16.1. The Balaban J connectivity index is 0.00000289. The van der Waals surface area contributed by atoms with Crippen LogP contribution in [0, 0.1) is 0 Å². The van der Waals surface area contributed by atoms with Crippen molar-refractivity contribution in [1.29, 1.82) is 0 Å². The summed E-state index contributed by atoms with van der Waals surface area (Å²) in [6.07, 6.45) is 0.708. The van der Waals surface area contributed by atoms with E-state index >= 15 is 0 Å². The number of ether oxygens (including phenoxy) is 1. The van der Waals surface area contributed by atoms with Gasteiger partial charge in [-0.05, 0) is 20.4 Å². The number of hydrogen-bond donors (Lipinski definition) is 2. The average Bonchev–Trinajstić information content (AvgIpc) is 2.66. The van der Waals surface area contributed by atoms with Crippen molar-refractivity contribution in [2.75, 3.05) is 20.3 Å². The molecule has 1 rings (SSSR count). The molecular weight excluding hydrogens is 274 g/mol. The molecule has 0 saturated carbocycles. The van der Waals surface area contributed by atoms with E-state index in [0.717, 1.165) is 5.01 Å². The third kappa shape index (κ3) is 5.30. The van der Waals surface area contributed by atoms with Crippen molar-refractivity contribution in [3.8, 4) is 0 Å². The first-order valence-electron chi connectivity index (χ1n) is 5.44. The number of nitrogens with zero attached hydrogens (tertiary/aromatic N) is 1. The zero-order chi connectivity index (χ0) is 12.9. The molecule has 0 bridgehead atoms. The summed E-state index contributed by atoms with van der Waals surface area (Å²) in [5.74, 6) is -0.174. The van der Waals surface area contributed by atoms with Gasteiger partial charge in [0.2, 0.25) is 0 Å². The highest BCUT2D eigenvalue weighted by molar-refractivity contribution is 7.09. The standard InChI is InChI=1S/C11H19N3O2S.ClH/c1-11(2,7-16-3)14-10(15)8-6-17-9(13-8)4-5-12;/h6H,4-5,7,12H2,1-3H3,(H,14,15);1H. The minimum atomic E-state index is -0.399. The van der Waals surface area contributed by atoms with E-state index in [1.54, 1.807) is 12.5 Å². The molecule has 0 saturated heterocycles. The van der Waals surface area contributed by atoms with E-state index in [1.807, 2.05) is 13.8 Å². The molecule has 7 heteroatoms. The molecule has 0 aliphatic heterocycles. The van der Waals surface area contributed by atoms with Gasteiger partial charge in [-0.3, -0.25) is 4.79 Å². The molecule has 0 spiro atoms.